The highest BCUT2D eigenvalue weighted by molar-refractivity contribution is 6.42. The number of methoxy groups -OCH3 is 1. The number of nitrogens with one attached hydrogen (secondary N) is 1. The van der Waals surface area contributed by atoms with E-state index >= 15 is 0 Å². The van der Waals surface area contributed by atoms with E-state index in [4.69, 9.17) is 67.5 Å². The van der Waals surface area contributed by atoms with E-state index in [1.807, 2.05) is 6.07 Å². The summed E-state index contributed by atoms with van der Waals surface area (Å²) in [4.78, 5) is 0. The van der Waals surface area contributed by atoms with Crippen molar-refractivity contribution in [2.75, 3.05) is 7.11 Å². The van der Waals surface area contributed by atoms with Crippen LogP contribution in [-0.4, -0.2) is 13.3 Å². The molecule has 0 aromatic heterocycles. The fourth-order valence-electron chi connectivity index (χ4n) is 2.69. The summed E-state index contributed by atoms with van der Waals surface area (Å²) in [7, 11) is 1.54. The van der Waals surface area contributed by atoms with Crippen LogP contribution in [0, 0.1) is 0 Å². The summed E-state index contributed by atoms with van der Waals surface area (Å²) in [6.45, 7) is 0.630. The zero-order valence-corrected chi connectivity index (χ0v) is 20.0. The zero-order chi connectivity index (χ0) is 22.4. The Morgan fingerprint density at radius 3 is 2.29 bits per heavy atom. The highest BCUT2D eigenvalue weighted by atomic mass is 35.5. The zero-order valence-electron chi connectivity index (χ0n) is 16.3. The molecule has 0 spiro atoms. The van der Waals surface area contributed by atoms with Gasteiger partial charge in [-0.25, -0.2) is 0 Å². The predicted molar refractivity (Wildman–Crippen MR) is 130 cm³/mol. The molecular weight excluding hydrogens is 502 g/mol. The molecule has 0 heterocycles. The number of hydrogen-bond donors (Lipinski definition) is 1. The van der Waals surface area contributed by atoms with Gasteiger partial charge in [-0.15, -0.1) is 0 Å². The second-order valence-electron chi connectivity index (χ2n) is 6.36. The van der Waals surface area contributed by atoms with Gasteiger partial charge in [0.05, 0.1) is 34.9 Å². The Balaban J connectivity index is 1.68. The van der Waals surface area contributed by atoms with Crippen LogP contribution in [0.2, 0.25) is 25.1 Å². The molecule has 3 aromatic carbocycles. The van der Waals surface area contributed by atoms with Crippen molar-refractivity contribution in [2.24, 2.45) is 5.10 Å². The molecule has 3 aromatic rings. The first kappa shape index (κ1) is 23.8. The third-order valence-electron chi connectivity index (χ3n) is 4.24. The maximum atomic E-state index is 6.42. The Hall–Kier alpha value is -1.82. The summed E-state index contributed by atoms with van der Waals surface area (Å²) in [5.41, 5.74) is 5.26. The molecule has 0 aliphatic carbocycles. The lowest BCUT2D eigenvalue weighted by Gasteiger charge is -2.13. The Labute approximate surface area is 205 Å². The van der Waals surface area contributed by atoms with Crippen LogP contribution in [0.4, 0.5) is 0 Å². The Bertz CT molecular complexity index is 1090. The average Bonchev–Trinajstić information content (AvgIpc) is 2.74. The largest absolute Gasteiger partial charge is 0.493 e. The maximum absolute atomic E-state index is 6.42. The van der Waals surface area contributed by atoms with Gasteiger partial charge < -0.3 is 14.9 Å². The molecule has 3 rings (SSSR count). The Morgan fingerprint density at radius 2 is 1.61 bits per heavy atom. The number of hydrazone groups is 1. The van der Waals surface area contributed by atoms with Crippen molar-refractivity contribution in [1.82, 2.24) is 5.43 Å². The third kappa shape index (κ3) is 6.34. The van der Waals surface area contributed by atoms with Crippen molar-refractivity contribution in [3.05, 3.63) is 90.3 Å². The first-order valence-corrected chi connectivity index (χ1v) is 10.9. The van der Waals surface area contributed by atoms with E-state index in [9.17, 15) is 0 Å². The molecule has 0 aliphatic heterocycles. The average molecular weight is 519 g/mol. The molecule has 0 radical (unpaired) electrons. The molecule has 0 saturated carbocycles. The van der Waals surface area contributed by atoms with Gasteiger partial charge in [-0.05, 0) is 47.5 Å². The van der Waals surface area contributed by atoms with Gasteiger partial charge in [0.2, 0.25) is 0 Å². The van der Waals surface area contributed by atoms with Gasteiger partial charge in [0.15, 0.2) is 11.5 Å². The van der Waals surface area contributed by atoms with Crippen LogP contribution in [0.25, 0.3) is 0 Å². The highest BCUT2D eigenvalue weighted by Gasteiger charge is 2.12. The second-order valence-corrected chi connectivity index (χ2v) is 8.40. The lowest BCUT2D eigenvalue weighted by Crippen LogP contribution is -2.07. The van der Waals surface area contributed by atoms with Crippen molar-refractivity contribution in [1.29, 1.82) is 0 Å². The topological polar surface area (TPSA) is 42.8 Å². The molecule has 4 nitrogen and oxygen atoms in total. The summed E-state index contributed by atoms with van der Waals surface area (Å²) in [6.07, 6.45) is 1.61. The van der Waals surface area contributed by atoms with Gasteiger partial charge in [0, 0.05) is 15.6 Å². The molecule has 162 valence electrons. The van der Waals surface area contributed by atoms with E-state index in [1.165, 1.54) is 7.11 Å². The van der Waals surface area contributed by atoms with Crippen molar-refractivity contribution in [3.63, 3.8) is 0 Å². The molecule has 0 atom stereocenters. The number of nitrogens with zero attached hydrogens (tertiary/aromatic N) is 1. The number of rotatable bonds is 8. The number of halogens is 5. The molecule has 0 bridgehead atoms. The molecule has 0 saturated heterocycles. The third-order valence-corrected chi connectivity index (χ3v) is 5.97. The summed E-state index contributed by atoms with van der Waals surface area (Å²) in [6, 6.07) is 14.1. The van der Waals surface area contributed by atoms with E-state index < -0.39 is 0 Å². The number of hydrogen-bond acceptors (Lipinski definition) is 4. The molecule has 0 amide bonds. The van der Waals surface area contributed by atoms with Gasteiger partial charge in [-0.2, -0.15) is 5.10 Å². The highest BCUT2D eigenvalue weighted by Crippen LogP contribution is 2.37. The van der Waals surface area contributed by atoms with Gasteiger partial charge in [0.1, 0.15) is 6.61 Å². The van der Waals surface area contributed by atoms with Crippen molar-refractivity contribution in [2.45, 2.75) is 13.2 Å². The fourth-order valence-corrected chi connectivity index (χ4v) is 3.81. The first-order chi connectivity index (χ1) is 14.9. The van der Waals surface area contributed by atoms with Gasteiger partial charge in [-0.1, -0.05) is 70.1 Å². The van der Waals surface area contributed by atoms with E-state index in [0.29, 0.717) is 43.2 Å². The quantitative estimate of drug-likeness (QED) is 0.246. The molecule has 0 fully saturated rings. The second kappa shape index (κ2) is 11.2. The smallest absolute Gasteiger partial charge is 0.180 e. The molecule has 0 aliphatic rings. The fraction of sp³-hybridized carbons (Fsp3) is 0.136. The van der Waals surface area contributed by atoms with Crippen LogP contribution in [-0.2, 0) is 13.2 Å². The lowest BCUT2D eigenvalue weighted by atomic mass is 10.2. The Kier molecular flexibility index (Phi) is 8.58. The SMILES string of the molecule is COc1cc(/C=N\NCc2c(Cl)cccc2Cl)cc(Cl)c1OCc1ccc(Cl)c(Cl)c1. The van der Waals surface area contributed by atoms with E-state index in [2.05, 4.69) is 10.5 Å². The van der Waals surface area contributed by atoms with Crippen LogP contribution < -0.4 is 14.9 Å². The minimum atomic E-state index is 0.251. The summed E-state index contributed by atoms with van der Waals surface area (Å²) < 4.78 is 11.3. The van der Waals surface area contributed by atoms with E-state index in [0.717, 1.165) is 16.7 Å². The standard InChI is InChI=1S/C22H17Cl5N2O2/c1-30-21-9-14(10-28-29-11-15-16(23)3-2-4-17(15)24)8-20(27)22(21)31-12-13-5-6-18(25)19(26)7-13/h2-10,29H,11-12H2,1H3/b28-10-. The van der Waals surface area contributed by atoms with Gasteiger partial charge >= 0.3 is 0 Å². The number of ether oxygens (including phenoxy) is 2. The van der Waals surface area contributed by atoms with Crippen molar-refractivity contribution < 1.29 is 9.47 Å². The maximum Gasteiger partial charge on any atom is 0.180 e. The molecule has 0 unspecified atom stereocenters. The number of benzene rings is 3. The normalized spacial score (nSPS) is 11.0. The van der Waals surface area contributed by atoms with Crippen LogP contribution in [0.15, 0.2) is 53.6 Å². The first-order valence-electron chi connectivity index (χ1n) is 9.02. The van der Waals surface area contributed by atoms with Crippen molar-refractivity contribution >= 4 is 64.2 Å². The summed E-state index contributed by atoms with van der Waals surface area (Å²) in [5, 5.41) is 6.67. The minimum Gasteiger partial charge on any atom is -0.493 e. The molecule has 31 heavy (non-hydrogen) atoms. The summed E-state index contributed by atoms with van der Waals surface area (Å²) in [5.74, 6) is 0.895. The molecule has 9 heteroatoms. The van der Waals surface area contributed by atoms with Crippen LogP contribution in [0.1, 0.15) is 16.7 Å². The summed E-state index contributed by atoms with van der Waals surface area (Å²) >= 11 is 30.7. The van der Waals surface area contributed by atoms with Crippen LogP contribution in [0.5, 0.6) is 11.5 Å². The van der Waals surface area contributed by atoms with Gasteiger partial charge in [0.25, 0.3) is 0 Å². The van der Waals surface area contributed by atoms with Crippen molar-refractivity contribution in [3.8, 4) is 11.5 Å². The monoisotopic (exact) mass is 516 g/mol. The van der Waals surface area contributed by atoms with Gasteiger partial charge in [-0.3, -0.25) is 0 Å². The minimum absolute atomic E-state index is 0.251. The van der Waals surface area contributed by atoms with Crippen LogP contribution >= 0.6 is 58.0 Å². The Morgan fingerprint density at radius 1 is 0.871 bits per heavy atom. The van der Waals surface area contributed by atoms with E-state index in [-0.39, 0.29) is 6.61 Å². The molecular formula is C22H17Cl5N2O2. The lowest BCUT2D eigenvalue weighted by molar-refractivity contribution is 0.284. The molecule has 1 N–H and O–H groups in total. The van der Waals surface area contributed by atoms with Crippen LogP contribution in [0.3, 0.4) is 0 Å². The predicted octanol–water partition coefficient (Wildman–Crippen LogP) is 7.66. The van der Waals surface area contributed by atoms with E-state index in [1.54, 1.807) is 48.7 Å².